The standard InChI is InChI=1S/C23H19NO2/c1-15-12-16(2)22-20(13-15)18-10-6-7-11-19(18)21(24-22)14-26-23(25)17-8-4-3-5-9-17/h3-13H,14H2,1-2H3. The first-order valence-electron chi connectivity index (χ1n) is 8.64. The van der Waals surface area contributed by atoms with Gasteiger partial charge in [0.1, 0.15) is 6.61 Å². The van der Waals surface area contributed by atoms with E-state index in [1.54, 1.807) is 12.1 Å². The van der Waals surface area contributed by atoms with Gasteiger partial charge >= 0.3 is 5.97 Å². The minimum atomic E-state index is -0.336. The Balaban J connectivity index is 1.78. The van der Waals surface area contributed by atoms with Crippen LogP contribution < -0.4 is 0 Å². The van der Waals surface area contributed by atoms with E-state index in [9.17, 15) is 4.79 Å². The van der Waals surface area contributed by atoms with Gasteiger partial charge in [-0.2, -0.15) is 0 Å². The van der Waals surface area contributed by atoms with E-state index >= 15 is 0 Å². The van der Waals surface area contributed by atoms with E-state index in [0.29, 0.717) is 5.56 Å². The molecule has 0 amide bonds. The molecule has 3 nitrogen and oxygen atoms in total. The summed E-state index contributed by atoms with van der Waals surface area (Å²) in [5.41, 5.74) is 4.63. The average Bonchev–Trinajstić information content (AvgIpc) is 2.67. The van der Waals surface area contributed by atoms with Gasteiger partial charge < -0.3 is 4.74 Å². The molecule has 0 atom stereocenters. The second-order valence-corrected chi connectivity index (χ2v) is 6.52. The number of hydrogen-bond donors (Lipinski definition) is 0. The zero-order valence-corrected chi connectivity index (χ0v) is 14.8. The first-order valence-corrected chi connectivity index (χ1v) is 8.64. The molecule has 0 unspecified atom stereocenters. The average molecular weight is 341 g/mol. The molecule has 4 aromatic rings. The van der Waals surface area contributed by atoms with E-state index in [0.717, 1.165) is 32.9 Å². The number of ether oxygens (including phenoxy) is 1. The molecular weight excluding hydrogens is 322 g/mol. The predicted octanol–water partition coefficient (Wildman–Crippen LogP) is 5.36. The van der Waals surface area contributed by atoms with Gasteiger partial charge in [0.2, 0.25) is 0 Å². The van der Waals surface area contributed by atoms with Gasteiger partial charge in [0, 0.05) is 10.8 Å². The zero-order chi connectivity index (χ0) is 18.1. The predicted molar refractivity (Wildman–Crippen MR) is 104 cm³/mol. The van der Waals surface area contributed by atoms with Crippen LogP contribution in [0.1, 0.15) is 27.2 Å². The Morgan fingerprint density at radius 3 is 2.35 bits per heavy atom. The summed E-state index contributed by atoms with van der Waals surface area (Å²) in [5.74, 6) is -0.336. The van der Waals surface area contributed by atoms with Gasteiger partial charge in [-0.15, -0.1) is 0 Å². The van der Waals surface area contributed by atoms with Crippen molar-refractivity contribution in [3.05, 3.63) is 89.1 Å². The van der Waals surface area contributed by atoms with Crippen LogP contribution in [-0.2, 0) is 11.3 Å². The van der Waals surface area contributed by atoms with Gasteiger partial charge in [0.15, 0.2) is 0 Å². The molecule has 0 spiro atoms. The molecule has 3 aromatic carbocycles. The summed E-state index contributed by atoms with van der Waals surface area (Å²) in [6.45, 7) is 4.31. The van der Waals surface area contributed by atoms with Crippen LogP contribution in [-0.4, -0.2) is 11.0 Å². The van der Waals surface area contributed by atoms with Crippen LogP contribution in [0.5, 0.6) is 0 Å². The summed E-state index contributed by atoms with van der Waals surface area (Å²) in [5, 5.41) is 3.29. The number of fused-ring (bicyclic) bond motifs is 3. The van der Waals surface area contributed by atoms with Crippen molar-refractivity contribution in [1.29, 1.82) is 0 Å². The number of nitrogens with zero attached hydrogens (tertiary/aromatic N) is 1. The van der Waals surface area contributed by atoms with Crippen LogP contribution >= 0.6 is 0 Å². The summed E-state index contributed by atoms with van der Waals surface area (Å²) in [7, 11) is 0. The fourth-order valence-corrected chi connectivity index (χ4v) is 3.38. The molecular formula is C23H19NO2. The Hall–Kier alpha value is -3.20. The van der Waals surface area contributed by atoms with E-state index < -0.39 is 0 Å². The van der Waals surface area contributed by atoms with Crippen molar-refractivity contribution < 1.29 is 9.53 Å². The number of esters is 1. The minimum Gasteiger partial charge on any atom is -0.456 e. The highest BCUT2D eigenvalue weighted by atomic mass is 16.5. The second-order valence-electron chi connectivity index (χ2n) is 6.52. The maximum atomic E-state index is 12.3. The molecule has 3 heteroatoms. The third kappa shape index (κ3) is 2.92. The van der Waals surface area contributed by atoms with Crippen molar-refractivity contribution in [2.45, 2.75) is 20.5 Å². The maximum Gasteiger partial charge on any atom is 0.338 e. The van der Waals surface area contributed by atoms with Crippen LogP contribution in [0, 0.1) is 13.8 Å². The molecule has 1 heterocycles. The van der Waals surface area contributed by atoms with E-state index in [-0.39, 0.29) is 12.6 Å². The molecule has 0 aliphatic carbocycles. The van der Waals surface area contributed by atoms with E-state index in [4.69, 9.17) is 9.72 Å². The normalized spacial score (nSPS) is 11.0. The Morgan fingerprint density at radius 1 is 0.885 bits per heavy atom. The zero-order valence-electron chi connectivity index (χ0n) is 14.8. The first-order chi connectivity index (χ1) is 12.6. The summed E-state index contributed by atoms with van der Waals surface area (Å²) in [6, 6.07) is 21.5. The summed E-state index contributed by atoms with van der Waals surface area (Å²) in [4.78, 5) is 17.1. The lowest BCUT2D eigenvalue weighted by Gasteiger charge is -2.12. The summed E-state index contributed by atoms with van der Waals surface area (Å²) < 4.78 is 5.53. The molecule has 0 aliphatic rings. The Morgan fingerprint density at radius 2 is 1.58 bits per heavy atom. The van der Waals surface area contributed by atoms with Crippen LogP contribution in [0.25, 0.3) is 21.7 Å². The van der Waals surface area contributed by atoms with E-state index in [1.807, 2.05) is 36.4 Å². The van der Waals surface area contributed by atoms with Gasteiger partial charge in [0.05, 0.1) is 16.8 Å². The molecule has 0 saturated carbocycles. The fraction of sp³-hybridized carbons (Fsp3) is 0.130. The third-order valence-corrected chi connectivity index (χ3v) is 4.57. The van der Waals surface area contributed by atoms with Gasteiger partial charge in [-0.1, -0.05) is 54.1 Å². The molecule has 0 saturated heterocycles. The maximum absolute atomic E-state index is 12.3. The Kier molecular flexibility index (Phi) is 4.13. The lowest BCUT2D eigenvalue weighted by Crippen LogP contribution is -2.07. The highest BCUT2D eigenvalue weighted by Gasteiger charge is 2.13. The Labute approximate surface area is 152 Å². The molecule has 0 radical (unpaired) electrons. The number of carbonyl (C=O) groups excluding carboxylic acids is 1. The van der Waals surface area contributed by atoms with Crippen molar-refractivity contribution >= 4 is 27.6 Å². The van der Waals surface area contributed by atoms with Crippen molar-refractivity contribution in [2.24, 2.45) is 0 Å². The summed E-state index contributed by atoms with van der Waals surface area (Å²) in [6.07, 6.45) is 0. The fourth-order valence-electron chi connectivity index (χ4n) is 3.38. The van der Waals surface area contributed by atoms with E-state index in [2.05, 4.69) is 32.0 Å². The molecule has 0 fully saturated rings. The SMILES string of the molecule is Cc1cc(C)c2nc(COC(=O)c3ccccc3)c3ccccc3c2c1. The number of aryl methyl sites for hydroxylation is 2. The number of pyridine rings is 1. The van der Waals surface area contributed by atoms with Crippen LogP contribution in [0.15, 0.2) is 66.7 Å². The largest absolute Gasteiger partial charge is 0.456 e. The molecule has 26 heavy (non-hydrogen) atoms. The molecule has 4 rings (SSSR count). The van der Waals surface area contributed by atoms with Crippen LogP contribution in [0.3, 0.4) is 0 Å². The molecule has 0 aliphatic heterocycles. The number of hydrogen-bond acceptors (Lipinski definition) is 3. The minimum absolute atomic E-state index is 0.150. The quantitative estimate of drug-likeness (QED) is 0.372. The van der Waals surface area contributed by atoms with Gasteiger partial charge in [-0.05, 0) is 43.0 Å². The van der Waals surface area contributed by atoms with Gasteiger partial charge in [-0.3, -0.25) is 0 Å². The van der Waals surface area contributed by atoms with Crippen molar-refractivity contribution in [2.75, 3.05) is 0 Å². The Bertz CT molecular complexity index is 1120. The van der Waals surface area contributed by atoms with Crippen molar-refractivity contribution in [3.8, 4) is 0 Å². The molecule has 0 bridgehead atoms. The summed E-state index contributed by atoms with van der Waals surface area (Å²) >= 11 is 0. The molecule has 1 aromatic heterocycles. The number of aromatic nitrogens is 1. The second kappa shape index (κ2) is 6.60. The van der Waals surface area contributed by atoms with E-state index in [1.165, 1.54) is 5.56 Å². The first kappa shape index (κ1) is 16.3. The van der Waals surface area contributed by atoms with Crippen molar-refractivity contribution in [1.82, 2.24) is 4.98 Å². The van der Waals surface area contributed by atoms with Crippen LogP contribution in [0.4, 0.5) is 0 Å². The lowest BCUT2D eigenvalue weighted by molar-refractivity contribution is 0.0470. The molecule has 0 N–H and O–H groups in total. The highest BCUT2D eigenvalue weighted by molar-refractivity contribution is 6.07. The smallest absolute Gasteiger partial charge is 0.338 e. The van der Waals surface area contributed by atoms with Gasteiger partial charge in [-0.25, -0.2) is 9.78 Å². The number of benzene rings is 3. The van der Waals surface area contributed by atoms with Gasteiger partial charge in [0.25, 0.3) is 0 Å². The lowest BCUT2D eigenvalue weighted by atomic mass is 10.00. The monoisotopic (exact) mass is 341 g/mol. The van der Waals surface area contributed by atoms with Crippen LogP contribution in [0.2, 0.25) is 0 Å². The topological polar surface area (TPSA) is 39.2 Å². The third-order valence-electron chi connectivity index (χ3n) is 4.57. The number of rotatable bonds is 3. The van der Waals surface area contributed by atoms with Crippen molar-refractivity contribution in [3.63, 3.8) is 0 Å². The number of carbonyl (C=O) groups is 1. The molecule has 128 valence electrons. The highest BCUT2D eigenvalue weighted by Crippen LogP contribution is 2.29.